The number of halogens is 4. The standard InChI is InChI=1S/2C9H10BN6.2C5H8O2.C2H2O4.2CH2Cl2.Cr.Er/c2*1-4-11-14(7-1)10(15-8-2-5-12-15)16-9-3-6-13-16;2*1-4(6)3-5(2)7;3-1(4)2(5)6;2*2-1-3;;/h2*1-10H;2*3,6H,1-2H3;(H,3,4)(H,5,6);2*1H2;;/q2*-1;;;;;;2*+3/p-4/b;;2*4-3-;;;;;. The molecule has 2 radical (unpaired) electrons. The van der Waals surface area contributed by atoms with Crippen molar-refractivity contribution in [3.8, 4) is 0 Å². The number of carboxylic acids is 2. The minimum atomic E-state index is -2.19. The molecule has 0 aliphatic carbocycles. The van der Waals surface area contributed by atoms with E-state index in [-0.39, 0.29) is 88.4 Å². The van der Waals surface area contributed by atoms with Crippen LogP contribution in [0.1, 0.15) is 27.7 Å². The van der Waals surface area contributed by atoms with Crippen molar-refractivity contribution < 1.29 is 94.3 Å². The van der Waals surface area contributed by atoms with Crippen LogP contribution in [0.5, 0.6) is 0 Å². The maximum atomic E-state index is 9.98. The topological polar surface area (TPSA) is 267 Å². The fraction of sp³-hybridized carbons (Fsp3) is 0.188. The van der Waals surface area contributed by atoms with Crippen molar-refractivity contribution in [3.05, 3.63) is 134 Å². The van der Waals surface area contributed by atoms with E-state index in [0.717, 1.165) is 12.2 Å². The second kappa shape index (κ2) is 36.5. The van der Waals surface area contributed by atoms with Gasteiger partial charge in [-0.05, 0) is 99.6 Å². The van der Waals surface area contributed by atoms with E-state index < -0.39 is 26.2 Å². The average Bonchev–Trinajstić information content (AvgIpc) is 4.00. The molecule has 0 aromatic carbocycles. The smallest absolute Gasteiger partial charge is 0.876 e. The van der Waals surface area contributed by atoms with Crippen LogP contribution in [0.15, 0.2) is 134 Å². The first-order valence-electron chi connectivity index (χ1n) is 16.3. The van der Waals surface area contributed by atoms with Crippen LogP contribution in [0.4, 0.5) is 0 Å². The van der Waals surface area contributed by atoms with E-state index in [0.29, 0.717) is 0 Å². The molecule has 0 spiro atoms. The largest absolute Gasteiger partial charge is 3.00 e. The average molecular weight is 1100 g/mol. The quantitative estimate of drug-likeness (QED) is 0.0575. The van der Waals surface area contributed by atoms with Gasteiger partial charge in [0.1, 0.15) is 0 Å². The molecule has 20 nitrogen and oxygen atoms in total. The van der Waals surface area contributed by atoms with Crippen molar-refractivity contribution >= 4 is 84.1 Å². The number of hydrogen-bond donors (Lipinski definition) is 0. The van der Waals surface area contributed by atoms with E-state index >= 15 is 0 Å². The molecule has 0 atom stereocenters. The fourth-order valence-corrected chi connectivity index (χ4v) is 4.27. The number of hydrogen-bond acceptors (Lipinski definition) is 14. The Morgan fingerprint density at radius 3 is 0.700 bits per heavy atom. The summed E-state index contributed by atoms with van der Waals surface area (Å²) in [6, 6.07) is 11.4. The van der Waals surface area contributed by atoms with Crippen LogP contribution >= 0.6 is 46.4 Å². The number of alkyl halides is 4. The third kappa shape index (κ3) is 27.4. The van der Waals surface area contributed by atoms with Gasteiger partial charge in [-0.3, -0.25) is 9.59 Å². The molecule has 0 N–H and O–H groups in total. The van der Waals surface area contributed by atoms with Crippen molar-refractivity contribution in [3.63, 3.8) is 0 Å². The van der Waals surface area contributed by atoms with Crippen LogP contribution in [0.3, 0.4) is 0 Å². The summed E-state index contributed by atoms with van der Waals surface area (Å²) in [5.41, 5.74) is 0. The number of allylic oxidation sites excluding steroid dienone is 4. The van der Waals surface area contributed by atoms with Crippen molar-refractivity contribution in [1.29, 1.82) is 0 Å². The Labute approximate surface area is 406 Å². The normalized spacial score (nSPS) is 9.90. The second-order valence-electron chi connectivity index (χ2n) is 10.6. The third-order valence-corrected chi connectivity index (χ3v) is 6.07. The number of carbonyl (C=O) groups is 4. The molecule has 0 saturated carbocycles. The molecule has 60 heavy (non-hydrogen) atoms. The van der Waals surface area contributed by atoms with Gasteiger partial charge in [0.25, 0.3) is 0 Å². The van der Waals surface area contributed by atoms with Crippen LogP contribution in [0.2, 0.25) is 0 Å². The Balaban J connectivity index is -0.000000688. The van der Waals surface area contributed by atoms with Crippen LogP contribution in [0, 0.1) is 37.3 Å². The molecule has 0 fully saturated rings. The van der Waals surface area contributed by atoms with E-state index in [1.54, 1.807) is 37.2 Å². The van der Waals surface area contributed by atoms with Crippen LogP contribution in [0.25, 0.3) is 0 Å². The molecule has 0 aliphatic heterocycles. The first-order valence-corrected chi connectivity index (χ1v) is 18.4. The summed E-state index contributed by atoms with van der Waals surface area (Å²) in [6.07, 6.45) is 24.2. The van der Waals surface area contributed by atoms with Gasteiger partial charge in [0.2, 0.25) is 0 Å². The molecule has 6 rings (SSSR count). The van der Waals surface area contributed by atoms with E-state index in [1.165, 1.54) is 27.7 Å². The Kier molecular flexibility index (Phi) is 36.5. The number of nitrogens with zero attached hydrogens (tertiary/aromatic N) is 12. The van der Waals surface area contributed by atoms with Gasteiger partial charge in [0.05, 0.1) is 22.6 Å². The molecule has 28 heteroatoms. The summed E-state index contributed by atoms with van der Waals surface area (Å²) >= 11 is 19.1. The predicted octanol–water partition coefficient (Wildman–Crippen LogP) is -1.12. The summed E-state index contributed by atoms with van der Waals surface area (Å²) in [5, 5.41) is 63.8. The number of aromatic nitrogens is 12. The Morgan fingerprint density at radius 2 is 0.633 bits per heavy atom. The van der Waals surface area contributed by atoms with Crippen LogP contribution in [-0.2, 0) is 36.5 Å². The van der Waals surface area contributed by atoms with Gasteiger partial charge in [-0.25, -0.2) is 30.6 Å². The minimum Gasteiger partial charge on any atom is -0.876 e. The van der Waals surface area contributed by atoms with E-state index in [4.69, 9.17) is 66.2 Å². The van der Waals surface area contributed by atoms with Crippen molar-refractivity contribution in [2.45, 2.75) is 27.7 Å². The molecule has 326 valence electrons. The van der Waals surface area contributed by atoms with Crippen molar-refractivity contribution in [2.75, 3.05) is 10.7 Å². The summed E-state index contributed by atoms with van der Waals surface area (Å²) in [7, 11) is -2.25. The van der Waals surface area contributed by atoms with Gasteiger partial charge in [-0.15, -0.1) is 57.9 Å². The van der Waals surface area contributed by atoms with Gasteiger partial charge >= 0.3 is 68.9 Å². The number of aliphatic carboxylic acids is 2. The molecule has 0 aliphatic rings. The van der Waals surface area contributed by atoms with E-state index in [1.807, 2.05) is 101 Å². The van der Waals surface area contributed by atoms with Gasteiger partial charge in [-0.1, -0.05) is 13.8 Å². The first-order chi connectivity index (χ1) is 27.6. The molecule has 6 aromatic rings. The predicted molar refractivity (Wildman–Crippen MR) is 212 cm³/mol. The van der Waals surface area contributed by atoms with Gasteiger partial charge < -0.3 is 57.6 Å². The zero-order valence-corrected chi connectivity index (χ0v) is 38.4. The van der Waals surface area contributed by atoms with Gasteiger partial charge in [-0.2, -0.15) is 0 Å². The van der Waals surface area contributed by atoms with Gasteiger partial charge in [0.15, 0.2) is 11.6 Å². The zero-order valence-electron chi connectivity index (χ0n) is 32.2. The van der Waals surface area contributed by atoms with Crippen molar-refractivity contribution in [2.24, 2.45) is 0 Å². The van der Waals surface area contributed by atoms with E-state index in [2.05, 4.69) is 30.6 Å². The Bertz CT molecular complexity index is 1700. The molecule has 6 heterocycles. The molecule has 0 bridgehead atoms. The number of carboxylic acid groups (broad SMARTS) is 2. The minimum absolute atomic E-state index is 0. The van der Waals surface area contributed by atoms with Crippen molar-refractivity contribution in [1.82, 2.24) is 58.1 Å². The molecule has 6 aromatic heterocycles. The molecule has 0 amide bonds. The summed E-state index contributed by atoms with van der Waals surface area (Å²) < 4.78 is 11.2. The summed E-state index contributed by atoms with van der Waals surface area (Å²) in [5.74, 6) is -5.12. The second-order valence-corrected chi connectivity index (χ2v) is 12.2. The Hall–Kier alpha value is -4.31. The SMILES string of the molecule is CC(=O)/C=C(/C)[O-].CC(=O)/C=C(/C)[O-].ClCCl.ClCCl.O=C([O-])C(=O)[O-].[Cr+3].[Er+3].c1cnn([BH-](n2cccn2)n2cccn2)c1.c1cnn([BH-](n2cccn2)n2cccn2)c1. The fourth-order valence-electron chi connectivity index (χ4n) is 4.27. The molecule has 0 unspecified atom stereocenters. The zero-order chi connectivity index (χ0) is 43.9. The van der Waals surface area contributed by atoms with Crippen LogP contribution < -0.4 is 20.4 Å². The summed E-state index contributed by atoms with van der Waals surface area (Å²) in [4.78, 5) is 37.8. The molecular weight excluding hydrogens is 1060 g/mol. The monoisotopic (exact) mass is 1100 g/mol. The first kappa shape index (κ1) is 60.0. The number of rotatable bonds is 8. The maximum absolute atomic E-state index is 9.98. The van der Waals surface area contributed by atoms with Gasteiger partial charge in [0, 0.05) is 37.2 Å². The molecular formula is C32H38B2Cl4CrErN12O8. The summed E-state index contributed by atoms with van der Waals surface area (Å²) in [6.45, 7) is 5.39. The van der Waals surface area contributed by atoms with E-state index in [9.17, 15) is 19.8 Å². The number of ketones is 2. The maximum Gasteiger partial charge on any atom is 3.00 e. The molecule has 0 saturated heterocycles. The number of carbonyl (C=O) groups excluding carboxylic acids is 4. The van der Waals surface area contributed by atoms with Crippen LogP contribution in [-0.4, -0.2) is 107 Å². The third-order valence-electron chi connectivity index (χ3n) is 6.07. The Morgan fingerprint density at radius 1 is 0.467 bits per heavy atom.